The number of likely N-dealkylation sites (tertiary alicyclic amines) is 2. The van der Waals surface area contributed by atoms with Gasteiger partial charge in [-0.05, 0) is 42.4 Å². The number of nitrogens with zero attached hydrogens (tertiary/aromatic N) is 3. The van der Waals surface area contributed by atoms with E-state index in [4.69, 9.17) is 0 Å². The Morgan fingerprint density at radius 3 is 2.64 bits per heavy atom. The van der Waals surface area contributed by atoms with Crippen molar-refractivity contribution in [1.82, 2.24) is 14.8 Å². The number of carbonyl (C=O) groups is 1. The van der Waals surface area contributed by atoms with E-state index in [0.717, 1.165) is 51.1 Å². The highest BCUT2D eigenvalue weighted by atomic mass is 16.3. The molecule has 2 aliphatic heterocycles. The number of aliphatic hydroxyl groups is 1. The molecule has 1 unspecified atom stereocenters. The number of benzene rings is 1. The molecule has 1 N–H and O–H groups in total. The molecule has 1 aromatic heterocycles. The van der Waals surface area contributed by atoms with Crippen LogP contribution in [-0.4, -0.2) is 58.6 Å². The SMILES string of the molecule is Cc1cncc(C(=O)N2CCC3(CC2)CN(Cc2ccccc2)CC3CO)c1. The summed E-state index contributed by atoms with van der Waals surface area (Å²) in [6.07, 6.45) is 5.34. The highest BCUT2D eigenvalue weighted by Gasteiger charge is 2.48. The number of hydrogen-bond acceptors (Lipinski definition) is 4. The van der Waals surface area contributed by atoms with E-state index in [0.29, 0.717) is 5.56 Å². The Morgan fingerprint density at radius 1 is 1.21 bits per heavy atom. The topological polar surface area (TPSA) is 56.7 Å². The van der Waals surface area contributed by atoms with Crippen LogP contribution in [-0.2, 0) is 6.54 Å². The molecular weight excluding hydrogens is 350 g/mol. The van der Waals surface area contributed by atoms with E-state index in [9.17, 15) is 9.90 Å². The number of pyridine rings is 1. The lowest BCUT2D eigenvalue weighted by Gasteiger charge is -2.42. The minimum atomic E-state index is 0.0748. The number of carbonyl (C=O) groups excluding carboxylic acids is 1. The van der Waals surface area contributed by atoms with Gasteiger partial charge in [-0.15, -0.1) is 0 Å². The maximum atomic E-state index is 12.8. The molecule has 0 saturated carbocycles. The summed E-state index contributed by atoms with van der Waals surface area (Å²) in [5.41, 5.74) is 3.11. The summed E-state index contributed by atoms with van der Waals surface area (Å²) in [6, 6.07) is 12.4. The van der Waals surface area contributed by atoms with Crippen LogP contribution in [0, 0.1) is 18.3 Å². The molecule has 0 bridgehead atoms. The third-order valence-electron chi connectivity index (χ3n) is 6.52. The molecule has 1 aromatic carbocycles. The lowest BCUT2D eigenvalue weighted by molar-refractivity contribution is 0.0401. The van der Waals surface area contributed by atoms with Crippen LogP contribution < -0.4 is 0 Å². The smallest absolute Gasteiger partial charge is 0.255 e. The zero-order chi connectivity index (χ0) is 19.6. The van der Waals surface area contributed by atoms with E-state index < -0.39 is 0 Å². The number of rotatable bonds is 4. The number of aryl methyl sites for hydroxylation is 1. The summed E-state index contributed by atoms with van der Waals surface area (Å²) in [5, 5.41) is 10.0. The van der Waals surface area contributed by atoms with Crippen molar-refractivity contribution in [3.05, 3.63) is 65.5 Å². The van der Waals surface area contributed by atoms with Gasteiger partial charge in [0.25, 0.3) is 5.91 Å². The van der Waals surface area contributed by atoms with Gasteiger partial charge in [0.2, 0.25) is 0 Å². The Morgan fingerprint density at radius 2 is 1.96 bits per heavy atom. The highest BCUT2D eigenvalue weighted by Crippen LogP contribution is 2.45. The second-order valence-electron chi connectivity index (χ2n) is 8.44. The van der Waals surface area contributed by atoms with Crippen molar-refractivity contribution in [2.45, 2.75) is 26.3 Å². The lowest BCUT2D eigenvalue weighted by atomic mass is 9.71. The first-order valence-electron chi connectivity index (χ1n) is 10.2. The monoisotopic (exact) mass is 379 g/mol. The Labute approximate surface area is 167 Å². The van der Waals surface area contributed by atoms with Gasteiger partial charge in [0.15, 0.2) is 0 Å². The van der Waals surface area contributed by atoms with Crippen molar-refractivity contribution in [2.75, 3.05) is 32.8 Å². The van der Waals surface area contributed by atoms with Crippen molar-refractivity contribution in [1.29, 1.82) is 0 Å². The van der Waals surface area contributed by atoms with Crippen LogP contribution in [0.4, 0.5) is 0 Å². The summed E-state index contributed by atoms with van der Waals surface area (Å²) < 4.78 is 0. The normalized spacial score (nSPS) is 21.9. The van der Waals surface area contributed by atoms with Crippen molar-refractivity contribution < 1.29 is 9.90 Å². The molecule has 2 saturated heterocycles. The Balaban J connectivity index is 1.41. The molecule has 1 atom stereocenters. The summed E-state index contributed by atoms with van der Waals surface area (Å²) in [4.78, 5) is 21.4. The van der Waals surface area contributed by atoms with Crippen LogP contribution in [0.15, 0.2) is 48.8 Å². The molecule has 2 aliphatic rings. The predicted octanol–water partition coefficient (Wildman–Crippen LogP) is 2.74. The second-order valence-corrected chi connectivity index (χ2v) is 8.44. The summed E-state index contributed by atoms with van der Waals surface area (Å²) in [5.74, 6) is 0.361. The standard InChI is InChI=1S/C23H29N3O2/c1-18-11-20(13-24-12-18)22(28)26-9-7-23(8-10-26)17-25(15-21(23)16-27)14-19-5-3-2-4-6-19/h2-6,11-13,21,27H,7-10,14-17H2,1H3. The van der Waals surface area contributed by atoms with Gasteiger partial charge in [-0.1, -0.05) is 30.3 Å². The molecule has 148 valence electrons. The number of aliphatic hydroxyl groups excluding tert-OH is 1. The third-order valence-corrected chi connectivity index (χ3v) is 6.52. The van der Waals surface area contributed by atoms with Crippen LogP contribution in [0.1, 0.15) is 34.3 Å². The first-order valence-corrected chi connectivity index (χ1v) is 10.2. The van der Waals surface area contributed by atoms with Crippen molar-refractivity contribution >= 4 is 5.91 Å². The maximum Gasteiger partial charge on any atom is 0.255 e. The Bertz CT molecular complexity index is 816. The van der Waals surface area contributed by atoms with Crippen molar-refractivity contribution in [3.8, 4) is 0 Å². The van der Waals surface area contributed by atoms with Gasteiger partial charge in [-0.2, -0.15) is 0 Å². The van der Waals surface area contributed by atoms with Gasteiger partial charge >= 0.3 is 0 Å². The average Bonchev–Trinajstić information content (AvgIpc) is 3.05. The fraction of sp³-hybridized carbons (Fsp3) is 0.478. The van der Waals surface area contributed by atoms with Gasteiger partial charge in [0.05, 0.1) is 5.56 Å². The fourth-order valence-electron chi connectivity index (χ4n) is 4.93. The average molecular weight is 380 g/mol. The largest absolute Gasteiger partial charge is 0.396 e. The number of amides is 1. The molecule has 0 aliphatic carbocycles. The third kappa shape index (κ3) is 3.82. The summed E-state index contributed by atoms with van der Waals surface area (Å²) in [7, 11) is 0. The molecule has 2 aromatic rings. The zero-order valence-corrected chi connectivity index (χ0v) is 16.6. The van der Waals surface area contributed by atoms with Crippen LogP contribution in [0.2, 0.25) is 0 Å². The molecule has 5 heteroatoms. The van der Waals surface area contributed by atoms with Gasteiger partial charge in [-0.3, -0.25) is 14.7 Å². The molecule has 5 nitrogen and oxygen atoms in total. The zero-order valence-electron chi connectivity index (χ0n) is 16.6. The maximum absolute atomic E-state index is 12.8. The van der Waals surface area contributed by atoms with E-state index in [-0.39, 0.29) is 23.8 Å². The molecular formula is C23H29N3O2. The summed E-state index contributed by atoms with van der Waals surface area (Å²) >= 11 is 0. The minimum absolute atomic E-state index is 0.0748. The van der Waals surface area contributed by atoms with Crippen LogP contribution >= 0.6 is 0 Å². The van der Waals surface area contributed by atoms with E-state index in [1.807, 2.05) is 24.0 Å². The van der Waals surface area contributed by atoms with Gasteiger partial charge in [0, 0.05) is 57.6 Å². The quantitative estimate of drug-likeness (QED) is 0.888. The lowest BCUT2D eigenvalue weighted by Crippen LogP contribution is -2.47. The van der Waals surface area contributed by atoms with E-state index >= 15 is 0 Å². The predicted molar refractivity (Wildman–Crippen MR) is 109 cm³/mol. The number of aromatic nitrogens is 1. The number of piperidine rings is 1. The molecule has 28 heavy (non-hydrogen) atoms. The molecule has 1 spiro atoms. The van der Waals surface area contributed by atoms with Gasteiger partial charge in [-0.25, -0.2) is 0 Å². The van der Waals surface area contributed by atoms with E-state index in [1.165, 1.54) is 5.56 Å². The molecule has 1 amide bonds. The summed E-state index contributed by atoms with van der Waals surface area (Å²) in [6.45, 7) is 6.55. The molecule has 2 fully saturated rings. The number of hydrogen-bond donors (Lipinski definition) is 1. The first-order chi connectivity index (χ1) is 13.6. The van der Waals surface area contributed by atoms with Crippen LogP contribution in [0.25, 0.3) is 0 Å². The van der Waals surface area contributed by atoms with Gasteiger partial charge < -0.3 is 10.0 Å². The van der Waals surface area contributed by atoms with Crippen molar-refractivity contribution in [2.24, 2.45) is 11.3 Å². The first kappa shape index (κ1) is 19.1. The Kier molecular flexibility index (Phi) is 5.47. The fourth-order valence-corrected chi connectivity index (χ4v) is 4.93. The highest BCUT2D eigenvalue weighted by molar-refractivity contribution is 5.94. The Hall–Kier alpha value is -2.24. The van der Waals surface area contributed by atoms with E-state index in [1.54, 1.807) is 12.4 Å². The second kappa shape index (κ2) is 8.02. The molecule has 4 rings (SSSR count). The van der Waals surface area contributed by atoms with E-state index in [2.05, 4.69) is 34.1 Å². The van der Waals surface area contributed by atoms with Crippen LogP contribution in [0.3, 0.4) is 0 Å². The van der Waals surface area contributed by atoms with Crippen molar-refractivity contribution in [3.63, 3.8) is 0 Å². The minimum Gasteiger partial charge on any atom is -0.396 e. The van der Waals surface area contributed by atoms with Crippen LogP contribution in [0.5, 0.6) is 0 Å². The molecule has 0 radical (unpaired) electrons. The van der Waals surface area contributed by atoms with Gasteiger partial charge in [0.1, 0.15) is 0 Å². The molecule has 3 heterocycles.